The number of hydrogen-bond donors (Lipinski definition) is 0. The summed E-state index contributed by atoms with van der Waals surface area (Å²) in [4.78, 5) is 13.2. The first-order valence-electron chi connectivity index (χ1n) is 8.46. The van der Waals surface area contributed by atoms with Gasteiger partial charge in [0.05, 0.1) is 10.5 Å². The molecule has 0 saturated carbocycles. The second-order valence-corrected chi connectivity index (χ2v) is 9.68. The van der Waals surface area contributed by atoms with Gasteiger partial charge in [-0.2, -0.15) is 0 Å². The molecule has 0 aromatic rings. The van der Waals surface area contributed by atoms with Gasteiger partial charge in [-0.15, -0.1) is 0 Å². The van der Waals surface area contributed by atoms with Crippen molar-refractivity contribution in [1.82, 2.24) is 9.21 Å². The van der Waals surface area contributed by atoms with Crippen LogP contribution in [0.3, 0.4) is 0 Å². The average Bonchev–Trinajstić information content (AvgIpc) is 3.11. The highest BCUT2D eigenvalue weighted by Gasteiger charge is 2.42. The van der Waals surface area contributed by atoms with E-state index < -0.39 is 15.3 Å². The lowest BCUT2D eigenvalue weighted by atomic mass is 10.0. The fourth-order valence-corrected chi connectivity index (χ4v) is 6.79. The number of fused-ring (bicyclic) bond motifs is 1. The lowest BCUT2D eigenvalue weighted by molar-refractivity contribution is -0.126. The van der Waals surface area contributed by atoms with Crippen LogP contribution in [0.15, 0.2) is 46.8 Å². The Hall–Kier alpha value is -1.34. The number of sulfonamides is 1. The quantitative estimate of drug-likeness (QED) is 0.651. The summed E-state index contributed by atoms with van der Waals surface area (Å²) >= 11 is 3.54. The Balaban J connectivity index is 1.99. The van der Waals surface area contributed by atoms with Gasteiger partial charge in [-0.25, -0.2) is 8.42 Å². The highest BCUT2D eigenvalue weighted by molar-refractivity contribution is 9.09. The zero-order chi connectivity index (χ0) is 18.4. The number of nitrogens with zero attached hydrogens (tertiary/aromatic N) is 2. The molecule has 0 radical (unpaired) electrons. The first-order chi connectivity index (χ1) is 11.8. The molecule has 0 spiro atoms. The fraction of sp³-hybridized carbons (Fsp3) is 0.500. The first-order valence-corrected chi connectivity index (χ1v) is 10.9. The number of allylic oxidation sites excluding steroid dienone is 4. The zero-order valence-electron chi connectivity index (χ0n) is 14.7. The molecule has 0 aromatic carbocycles. The van der Waals surface area contributed by atoms with E-state index in [2.05, 4.69) is 15.9 Å². The number of carbonyl (C=O) groups excluding carboxylic acids is 1. The average molecular weight is 427 g/mol. The zero-order valence-corrected chi connectivity index (χ0v) is 17.1. The van der Waals surface area contributed by atoms with Crippen LogP contribution in [0.2, 0.25) is 0 Å². The third-order valence-corrected chi connectivity index (χ3v) is 8.27. The summed E-state index contributed by atoms with van der Waals surface area (Å²) in [5.41, 5.74) is 3.65. The topological polar surface area (TPSA) is 57.7 Å². The molecule has 1 amide bonds. The number of alkyl halides is 1. The number of halogens is 1. The largest absolute Gasteiger partial charge is 0.312 e. The highest BCUT2D eigenvalue weighted by atomic mass is 79.9. The maximum Gasteiger partial charge on any atom is 0.243 e. The molecule has 0 bridgehead atoms. The summed E-state index contributed by atoms with van der Waals surface area (Å²) in [6.45, 7) is 6.47. The van der Waals surface area contributed by atoms with E-state index in [1.54, 1.807) is 11.0 Å². The lowest BCUT2D eigenvalue weighted by Crippen LogP contribution is -2.41. The number of rotatable bonds is 3. The molecule has 7 heteroatoms. The van der Waals surface area contributed by atoms with Crippen LogP contribution in [0.25, 0.3) is 0 Å². The van der Waals surface area contributed by atoms with Crippen molar-refractivity contribution in [3.63, 3.8) is 0 Å². The van der Waals surface area contributed by atoms with Gasteiger partial charge < -0.3 is 4.90 Å². The molecule has 3 rings (SSSR count). The van der Waals surface area contributed by atoms with Crippen molar-refractivity contribution in [2.75, 3.05) is 13.1 Å². The van der Waals surface area contributed by atoms with Crippen molar-refractivity contribution in [1.29, 1.82) is 0 Å². The molecule has 2 heterocycles. The molecule has 1 aliphatic carbocycles. The normalized spacial score (nSPS) is 27.0. The van der Waals surface area contributed by atoms with Gasteiger partial charge in [0.1, 0.15) is 5.25 Å². The second kappa shape index (κ2) is 6.76. The Morgan fingerprint density at radius 1 is 1.28 bits per heavy atom. The van der Waals surface area contributed by atoms with Gasteiger partial charge >= 0.3 is 0 Å². The summed E-state index contributed by atoms with van der Waals surface area (Å²) in [6.07, 6.45) is 8.94. The van der Waals surface area contributed by atoms with Crippen LogP contribution in [0, 0.1) is 0 Å². The van der Waals surface area contributed by atoms with Crippen molar-refractivity contribution in [2.24, 2.45) is 0 Å². The predicted molar refractivity (Wildman–Crippen MR) is 102 cm³/mol. The molecule has 0 aromatic heterocycles. The van der Waals surface area contributed by atoms with Crippen molar-refractivity contribution >= 4 is 31.9 Å². The fourth-order valence-electron chi connectivity index (χ4n) is 3.66. The summed E-state index contributed by atoms with van der Waals surface area (Å²) < 4.78 is 28.2. The molecule has 1 saturated heterocycles. The van der Waals surface area contributed by atoms with E-state index in [1.165, 1.54) is 11.2 Å². The molecule has 3 aliphatic rings. The van der Waals surface area contributed by atoms with Crippen LogP contribution in [-0.2, 0) is 14.8 Å². The molecular formula is C18H23BrN2O3S. The number of carbonyl (C=O) groups is 1. The second-order valence-electron chi connectivity index (χ2n) is 6.61. The summed E-state index contributed by atoms with van der Waals surface area (Å²) in [6, 6.07) is 0. The van der Waals surface area contributed by atoms with E-state index in [0.29, 0.717) is 13.1 Å². The van der Waals surface area contributed by atoms with Crippen molar-refractivity contribution in [2.45, 2.75) is 43.7 Å². The van der Waals surface area contributed by atoms with Gasteiger partial charge in [0.15, 0.2) is 0 Å². The maximum absolute atomic E-state index is 13.3. The van der Waals surface area contributed by atoms with Crippen molar-refractivity contribution < 1.29 is 13.2 Å². The van der Waals surface area contributed by atoms with E-state index in [0.717, 1.165) is 35.4 Å². The van der Waals surface area contributed by atoms with Gasteiger partial charge in [-0.3, -0.25) is 9.10 Å². The SMILES string of the molecule is C/C=C\C1=C(C)CCN1S(=O)(=O)[C@@H]1C=C2C(=CC1Br)CCN2C(C)=O. The Bertz CT molecular complexity index is 823. The van der Waals surface area contributed by atoms with Gasteiger partial charge in [0.2, 0.25) is 15.9 Å². The lowest BCUT2D eigenvalue weighted by Gasteiger charge is -2.30. The van der Waals surface area contributed by atoms with Gasteiger partial charge in [-0.05, 0) is 50.0 Å². The van der Waals surface area contributed by atoms with Crippen molar-refractivity contribution in [3.05, 3.63) is 46.8 Å². The molecule has 2 aliphatic heterocycles. The first kappa shape index (κ1) is 18.5. The van der Waals surface area contributed by atoms with Crippen LogP contribution in [0.1, 0.15) is 33.6 Å². The summed E-state index contributed by atoms with van der Waals surface area (Å²) in [5, 5.41) is -0.725. The van der Waals surface area contributed by atoms with E-state index >= 15 is 0 Å². The standard InChI is InChI=1S/C18H23BrN2O3S/c1-4-5-16-12(2)6-9-21(16)25(23,24)18-11-17-14(10-15(18)19)7-8-20(17)13(3)22/h4-5,10-11,15,18H,6-9H2,1-3H3/b5-4-/t15?,18-/m1/s1. The number of hydrogen-bond acceptors (Lipinski definition) is 3. The monoisotopic (exact) mass is 426 g/mol. The molecule has 1 unspecified atom stereocenters. The minimum Gasteiger partial charge on any atom is -0.312 e. The van der Waals surface area contributed by atoms with Gasteiger partial charge in [0.25, 0.3) is 0 Å². The molecule has 136 valence electrons. The molecule has 0 N–H and O–H groups in total. The molecule has 5 nitrogen and oxygen atoms in total. The van der Waals surface area contributed by atoms with E-state index in [4.69, 9.17) is 0 Å². The smallest absolute Gasteiger partial charge is 0.243 e. The van der Waals surface area contributed by atoms with E-state index in [9.17, 15) is 13.2 Å². The summed E-state index contributed by atoms with van der Waals surface area (Å²) in [7, 11) is -3.58. The Labute approximate surface area is 157 Å². The predicted octanol–water partition coefficient (Wildman–Crippen LogP) is 3.08. The van der Waals surface area contributed by atoms with Crippen LogP contribution >= 0.6 is 15.9 Å². The molecule has 1 fully saturated rings. The number of likely N-dealkylation sites (tertiary alicyclic amines) is 1. The van der Waals surface area contributed by atoms with Crippen LogP contribution in [0.4, 0.5) is 0 Å². The minimum atomic E-state index is -3.58. The minimum absolute atomic E-state index is 0.0506. The third-order valence-electron chi connectivity index (χ3n) is 4.97. The highest BCUT2D eigenvalue weighted by Crippen LogP contribution is 2.38. The van der Waals surface area contributed by atoms with Gasteiger partial charge in [0, 0.05) is 25.7 Å². The van der Waals surface area contributed by atoms with Crippen LogP contribution in [0.5, 0.6) is 0 Å². The van der Waals surface area contributed by atoms with Crippen molar-refractivity contribution in [3.8, 4) is 0 Å². The molecule has 2 atom stereocenters. The van der Waals surface area contributed by atoms with Crippen LogP contribution in [-0.4, -0.2) is 46.7 Å². The van der Waals surface area contributed by atoms with E-state index in [1.807, 2.05) is 32.1 Å². The molecule has 25 heavy (non-hydrogen) atoms. The Morgan fingerprint density at radius 2 is 2.00 bits per heavy atom. The van der Waals surface area contributed by atoms with Gasteiger partial charge in [-0.1, -0.05) is 28.1 Å². The van der Waals surface area contributed by atoms with E-state index in [-0.39, 0.29) is 10.7 Å². The van der Waals surface area contributed by atoms with Crippen LogP contribution < -0.4 is 0 Å². The Kier molecular flexibility index (Phi) is 4.99. The number of amides is 1. The summed E-state index contributed by atoms with van der Waals surface area (Å²) in [5.74, 6) is -0.0506. The third kappa shape index (κ3) is 3.12. The Morgan fingerprint density at radius 3 is 2.64 bits per heavy atom. The molecular weight excluding hydrogens is 404 g/mol. The maximum atomic E-state index is 13.3.